The van der Waals surface area contributed by atoms with E-state index in [1.165, 1.54) is 12.4 Å². The van der Waals surface area contributed by atoms with E-state index in [0.29, 0.717) is 25.3 Å². The molecule has 0 atom stereocenters. The number of carbonyl (C=O) groups is 2. The van der Waals surface area contributed by atoms with Crippen LogP contribution in [-0.4, -0.2) is 33.5 Å². The maximum Gasteiger partial charge on any atom is 0.306 e. The summed E-state index contributed by atoms with van der Waals surface area (Å²) in [6.07, 6.45) is 5.71. The summed E-state index contributed by atoms with van der Waals surface area (Å²) in [7, 11) is 0. The zero-order valence-corrected chi connectivity index (χ0v) is 11.6. The number of aliphatic carboxylic acids is 1. The van der Waals surface area contributed by atoms with Gasteiger partial charge in [0.15, 0.2) is 0 Å². The summed E-state index contributed by atoms with van der Waals surface area (Å²) < 4.78 is 0. The number of halogens is 1. The second-order valence-corrected chi connectivity index (χ2v) is 5.38. The van der Waals surface area contributed by atoms with Crippen LogP contribution in [0.2, 0.25) is 5.15 Å². The zero-order valence-electron chi connectivity index (χ0n) is 10.9. The van der Waals surface area contributed by atoms with Crippen molar-refractivity contribution in [1.29, 1.82) is 0 Å². The van der Waals surface area contributed by atoms with Gasteiger partial charge in [0, 0.05) is 6.54 Å². The second kappa shape index (κ2) is 6.65. The van der Waals surface area contributed by atoms with E-state index < -0.39 is 5.97 Å². The van der Waals surface area contributed by atoms with Gasteiger partial charge in [-0.25, -0.2) is 4.98 Å². The van der Waals surface area contributed by atoms with Crippen molar-refractivity contribution in [2.75, 3.05) is 6.54 Å². The summed E-state index contributed by atoms with van der Waals surface area (Å²) in [5, 5.41) is 11.9. The van der Waals surface area contributed by atoms with Gasteiger partial charge >= 0.3 is 5.97 Å². The lowest BCUT2D eigenvalue weighted by atomic mass is 9.82. The van der Waals surface area contributed by atoms with Gasteiger partial charge in [-0.15, -0.1) is 0 Å². The molecule has 1 heterocycles. The third kappa shape index (κ3) is 3.90. The van der Waals surface area contributed by atoms with Gasteiger partial charge in [0.1, 0.15) is 10.8 Å². The number of nitrogens with one attached hydrogen (secondary N) is 1. The minimum absolute atomic E-state index is 0.180. The van der Waals surface area contributed by atoms with E-state index in [1.807, 2.05) is 0 Å². The Bertz CT molecular complexity index is 501. The van der Waals surface area contributed by atoms with Crippen molar-refractivity contribution < 1.29 is 14.7 Å². The summed E-state index contributed by atoms with van der Waals surface area (Å²) >= 11 is 5.67. The molecule has 1 aromatic rings. The molecule has 1 aliphatic carbocycles. The van der Waals surface area contributed by atoms with E-state index in [2.05, 4.69) is 15.3 Å². The van der Waals surface area contributed by atoms with Crippen molar-refractivity contribution in [2.24, 2.45) is 11.8 Å². The molecule has 0 saturated heterocycles. The van der Waals surface area contributed by atoms with Crippen molar-refractivity contribution in [3.05, 3.63) is 23.2 Å². The number of nitrogens with zero attached hydrogens (tertiary/aromatic N) is 2. The molecule has 0 bridgehead atoms. The first-order chi connectivity index (χ1) is 9.56. The SMILES string of the molecule is O=C(NCC1CCC(C(=O)O)CC1)c1cncc(Cl)n1. The predicted octanol–water partition coefficient (Wildman–Crippen LogP) is 1.75. The molecule has 1 aliphatic rings. The summed E-state index contributed by atoms with van der Waals surface area (Å²) in [5.41, 5.74) is 0.191. The molecule has 2 rings (SSSR count). The van der Waals surface area contributed by atoms with Crippen LogP contribution < -0.4 is 5.32 Å². The molecule has 1 fully saturated rings. The van der Waals surface area contributed by atoms with Crippen LogP contribution in [0, 0.1) is 11.8 Å². The summed E-state index contributed by atoms with van der Waals surface area (Å²) in [5.74, 6) is -0.940. The van der Waals surface area contributed by atoms with Crippen LogP contribution in [0.5, 0.6) is 0 Å². The molecule has 1 saturated carbocycles. The number of carboxylic acids is 1. The number of amides is 1. The first-order valence-electron chi connectivity index (χ1n) is 6.55. The number of hydrogen-bond donors (Lipinski definition) is 2. The number of rotatable bonds is 4. The maximum absolute atomic E-state index is 11.8. The molecule has 0 aliphatic heterocycles. The van der Waals surface area contributed by atoms with E-state index in [-0.39, 0.29) is 22.7 Å². The largest absolute Gasteiger partial charge is 0.481 e. The predicted molar refractivity (Wildman–Crippen MR) is 72.5 cm³/mol. The Labute approximate surface area is 121 Å². The fourth-order valence-electron chi connectivity index (χ4n) is 2.39. The number of carbonyl (C=O) groups excluding carboxylic acids is 1. The molecule has 0 aromatic carbocycles. The van der Waals surface area contributed by atoms with Gasteiger partial charge in [0.25, 0.3) is 5.91 Å². The Morgan fingerprint density at radius 2 is 2.00 bits per heavy atom. The van der Waals surface area contributed by atoms with E-state index in [9.17, 15) is 9.59 Å². The molecule has 0 radical (unpaired) electrons. The molecule has 7 heteroatoms. The zero-order chi connectivity index (χ0) is 14.5. The minimum atomic E-state index is -0.721. The summed E-state index contributed by atoms with van der Waals surface area (Å²) in [4.78, 5) is 30.4. The average Bonchev–Trinajstić information content (AvgIpc) is 2.45. The molecule has 1 amide bonds. The van der Waals surface area contributed by atoms with Crippen LogP contribution in [0.3, 0.4) is 0 Å². The van der Waals surface area contributed by atoms with Gasteiger partial charge in [-0.1, -0.05) is 11.6 Å². The normalized spacial score (nSPS) is 22.2. The highest BCUT2D eigenvalue weighted by Gasteiger charge is 2.26. The van der Waals surface area contributed by atoms with E-state index in [0.717, 1.165) is 12.8 Å². The van der Waals surface area contributed by atoms with Gasteiger partial charge in [-0.3, -0.25) is 14.6 Å². The smallest absolute Gasteiger partial charge is 0.306 e. The van der Waals surface area contributed by atoms with Crippen LogP contribution in [0.4, 0.5) is 0 Å². The third-order valence-corrected chi connectivity index (χ3v) is 3.77. The lowest BCUT2D eigenvalue weighted by Gasteiger charge is -2.26. The summed E-state index contributed by atoms with van der Waals surface area (Å²) in [6.45, 7) is 0.527. The maximum atomic E-state index is 11.8. The Morgan fingerprint density at radius 3 is 2.60 bits per heavy atom. The van der Waals surface area contributed by atoms with Crippen LogP contribution in [-0.2, 0) is 4.79 Å². The Morgan fingerprint density at radius 1 is 1.30 bits per heavy atom. The van der Waals surface area contributed by atoms with E-state index in [1.54, 1.807) is 0 Å². The lowest BCUT2D eigenvalue weighted by Crippen LogP contribution is -2.32. The monoisotopic (exact) mass is 297 g/mol. The van der Waals surface area contributed by atoms with Gasteiger partial charge < -0.3 is 10.4 Å². The lowest BCUT2D eigenvalue weighted by molar-refractivity contribution is -0.143. The van der Waals surface area contributed by atoms with Crippen LogP contribution in [0.1, 0.15) is 36.2 Å². The Balaban J connectivity index is 1.79. The van der Waals surface area contributed by atoms with Crippen LogP contribution >= 0.6 is 11.6 Å². The van der Waals surface area contributed by atoms with Gasteiger partial charge in [-0.05, 0) is 31.6 Å². The molecular formula is C13H16ClN3O3. The van der Waals surface area contributed by atoms with Crippen LogP contribution in [0.25, 0.3) is 0 Å². The van der Waals surface area contributed by atoms with Gasteiger partial charge in [0.2, 0.25) is 0 Å². The highest BCUT2D eigenvalue weighted by atomic mass is 35.5. The molecule has 6 nitrogen and oxygen atoms in total. The Hall–Kier alpha value is -1.69. The number of hydrogen-bond acceptors (Lipinski definition) is 4. The van der Waals surface area contributed by atoms with E-state index >= 15 is 0 Å². The van der Waals surface area contributed by atoms with Crippen LogP contribution in [0.15, 0.2) is 12.4 Å². The molecule has 108 valence electrons. The van der Waals surface area contributed by atoms with Gasteiger partial charge in [0.05, 0.1) is 18.3 Å². The van der Waals surface area contributed by atoms with Crippen molar-refractivity contribution >= 4 is 23.5 Å². The molecule has 20 heavy (non-hydrogen) atoms. The standard InChI is InChI=1S/C13H16ClN3O3/c14-11-7-15-6-10(17-11)12(18)16-5-8-1-3-9(4-2-8)13(19)20/h6-9H,1-5H2,(H,16,18)(H,19,20). The van der Waals surface area contributed by atoms with E-state index in [4.69, 9.17) is 16.7 Å². The minimum Gasteiger partial charge on any atom is -0.481 e. The first kappa shape index (κ1) is 14.7. The van der Waals surface area contributed by atoms with Crippen molar-refractivity contribution in [2.45, 2.75) is 25.7 Å². The van der Waals surface area contributed by atoms with Crippen molar-refractivity contribution in [3.63, 3.8) is 0 Å². The third-order valence-electron chi connectivity index (χ3n) is 3.59. The quantitative estimate of drug-likeness (QED) is 0.883. The fourth-order valence-corrected chi connectivity index (χ4v) is 2.54. The van der Waals surface area contributed by atoms with Gasteiger partial charge in [-0.2, -0.15) is 0 Å². The summed E-state index contributed by atoms with van der Waals surface area (Å²) in [6, 6.07) is 0. The molecule has 0 unspecified atom stereocenters. The first-order valence-corrected chi connectivity index (χ1v) is 6.92. The topological polar surface area (TPSA) is 92.2 Å². The highest BCUT2D eigenvalue weighted by Crippen LogP contribution is 2.28. The fraction of sp³-hybridized carbons (Fsp3) is 0.538. The number of aromatic nitrogens is 2. The molecule has 0 spiro atoms. The number of carboxylic acid groups (broad SMARTS) is 1. The molecule has 2 N–H and O–H groups in total. The Kier molecular flexibility index (Phi) is 4.89. The second-order valence-electron chi connectivity index (χ2n) is 4.99. The molecule has 1 aromatic heterocycles. The average molecular weight is 298 g/mol. The van der Waals surface area contributed by atoms with Crippen molar-refractivity contribution in [1.82, 2.24) is 15.3 Å². The van der Waals surface area contributed by atoms with Crippen molar-refractivity contribution in [3.8, 4) is 0 Å². The molecular weight excluding hydrogens is 282 g/mol. The highest BCUT2D eigenvalue weighted by molar-refractivity contribution is 6.29.